The minimum atomic E-state index is -0.0140. The second-order valence-corrected chi connectivity index (χ2v) is 6.74. The summed E-state index contributed by atoms with van der Waals surface area (Å²) in [6, 6.07) is 16.1. The highest BCUT2D eigenvalue weighted by Crippen LogP contribution is 2.24. The average molecular weight is 398 g/mol. The molecular formula is C22H26N2O5. The van der Waals surface area contributed by atoms with E-state index in [1.807, 2.05) is 30.3 Å². The van der Waals surface area contributed by atoms with Gasteiger partial charge in [0.15, 0.2) is 11.5 Å². The molecule has 0 unspecified atom stereocenters. The normalized spacial score (nSPS) is 13.8. The van der Waals surface area contributed by atoms with Crippen molar-refractivity contribution in [1.82, 2.24) is 9.80 Å². The number of amides is 2. The predicted molar refractivity (Wildman–Crippen MR) is 108 cm³/mol. The molecule has 29 heavy (non-hydrogen) atoms. The van der Waals surface area contributed by atoms with E-state index in [-0.39, 0.29) is 30.6 Å². The molecule has 2 amide bonds. The third-order valence-corrected chi connectivity index (χ3v) is 4.75. The molecule has 1 aliphatic heterocycles. The van der Waals surface area contributed by atoms with Gasteiger partial charge >= 0.3 is 0 Å². The first kappa shape index (κ1) is 20.5. The van der Waals surface area contributed by atoms with E-state index >= 15 is 0 Å². The van der Waals surface area contributed by atoms with Gasteiger partial charge in [-0.15, -0.1) is 0 Å². The molecule has 0 bridgehead atoms. The van der Waals surface area contributed by atoms with Crippen molar-refractivity contribution in [2.45, 2.75) is 12.8 Å². The third-order valence-electron chi connectivity index (χ3n) is 4.75. The zero-order valence-corrected chi connectivity index (χ0v) is 16.3. The summed E-state index contributed by atoms with van der Waals surface area (Å²) in [6.07, 6.45) is 0.546. The van der Waals surface area contributed by atoms with Crippen LogP contribution in [0.25, 0.3) is 0 Å². The van der Waals surface area contributed by atoms with Crippen molar-refractivity contribution in [3.05, 3.63) is 54.6 Å². The maximum Gasteiger partial charge on any atom is 0.226 e. The fraction of sp³-hybridized carbons (Fsp3) is 0.364. The van der Waals surface area contributed by atoms with Crippen LogP contribution in [0.4, 0.5) is 0 Å². The lowest BCUT2D eigenvalue weighted by Gasteiger charge is -2.35. The minimum absolute atomic E-state index is 0.0140. The van der Waals surface area contributed by atoms with Crippen molar-refractivity contribution in [3.8, 4) is 17.2 Å². The van der Waals surface area contributed by atoms with Crippen LogP contribution in [-0.4, -0.2) is 66.1 Å². The quantitative estimate of drug-likeness (QED) is 0.738. The maximum atomic E-state index is 12.3. The second kappa shape index (κ2) is 10.4. The van der Waals surface area contributed by atoms with Gasteiger partial charge in [0.2, 0.25) is 11.8 Å². The topological polar surface area (TPSA) is 79.3 Å². The highest BCUT2D eigenvalue weighted by atomic mass is 16.5. The Hall–Kier alpha value is -3.22. The number of hydrogen-bond donors (Lipinski definition) is 1. The van der Waals surface area contributed by atoms with Crippen molar-refractivity contribution in [3.63, 3.8) is 0 Å². The number of carbonyl (C=O) groups is 2. The lowest BCUT2D eigenvalue weighted by Crippen LogP contribution is -2.51. The van der Waals surface area contributed by atoms with Gasteiger partial charge in [-0.3, -0.25) is 9.59 Å². The molecular weight excluding hydrogens is 372 g/mol. The Morgan fingerprint density at radius 3 is 1.86 bits per heavy atom. The highest BCUT2D eigenvalue weighted by molar-refractivity contribution is 5.78. The zero-order chi connectivity index (χ0) is 20.5. The molecule has 0 aromatic heterocycles. The molecule has 3 rings (SSSR count). The van der Waals surface area contributed by atoms with E-state index in [2.05, 4.69) is 0 Å². The molecule has 0 atom stereocenters. The number of piperazine rings is 1. The molecule has 2 aromatic rings. The Morgan fingerprint density at radius 2 is 1.28 bits per heavy atom. The standard InChI is InChI=1S/C22H26N2O5/c25-19-8-4-5-9-20(19)29-17-11-22(27)24-14-12-23(13-15-24)21(26)10-16-28-18-6-2-1-3-7-18/h1-9,25H,10-17H2. The first-order chi connectivity index (χ1) is 14.1. The van der Waals surface area contributed by atoms with Crippen LogP contribution in [0.1, 0.15) is 12.8 Å². The molecule has 2 aromatic carbocycles. The molecule has 1 fully saturated rings. The van der Waals surface area contributed by atoms with E-state index in [0.717, 1.165) is 5.75 Å². The van der Waals surface area contributed by atoms with Crippen LogP contribution in [-0.2, 0) is 9.59 Å². The van der Waals surface area contributed by atoms with E-state index in [1.165, 1.54) is 6.07 Å². The van der Waals surface area contributed by atoms with Gasteiger partial charge in [-0.1, -0.05) is 30.3 Å². The Kier molecular flexibility index (Phi) is 7.33. The molecule has 1 saturated heterocycles. The molecule has 7 nitrogen and oxygen atoms in total. The van der Waals surface area contributed by atoms with E-state index in [4.69, 9.17) is 9.47 Å². The molecule has 0 spiro atoms. The summed E-state index contributed by atoms with van der Waals surface area (Å²) in [4.78, 5) is 28.2. The fourth-order valence-electron chi connectivity index (χ4n) is 3.12. The molecule has 1 N–H and O–H groups in total. The van der Waals surface area contributed by atoms with Crippen LogP contribution in [0.15, 0.2) is 54.6 Å². The molecule has 0 radical (unpaired) electrons. The summed E-state index contributed by atoms with van der Waals surface area (Å²) < 4.78 is 11.0. The number of carbonyl (C=O) groups excluding carboxylic acids is 2. The van der Waals surface area contributed by atoms with Crippen molar-refractivity contribution in [2.75, 3.05) is 39.4 Å². The number of phenols is 1. The largest absolute Gasteiger partial charge is 0.504 e. The van der Waals surface area contributed by atoms with Crippen molar-refractivity contribution in [1.29, 1.82) is 0 Å². The summed E-state index contributed by atoms with van der Waals surface area (Å²) in [6.45, 7) is 2.62. The Labute approximate surface area is 170 Å². The fourth-order valence-corrected chi connectivity index (χ4v) is 3.12. The molecule has 1 heterocycles. The smallest absolute Gasteiger partial charge is 0.226 e. The number of benzene rings is 2. The summed E-state index contributed by atoms with van der Waals surface area (Å²) in [7, 11) is 0. The summed E-state index contributed by atoms with van der Waals surface area (Å²) >= 11 is 0. The molecule has 7 heteroatoms. The van der Waals surface area contributed by atoms with Gasteiger partial charge in [0.05, 0.1) is 26.1 Å². The van der Waals surface area contributed by atoms with Gasteiger partial charge in [0, 0.05) is 26.2 Å². The number of aromatic hydroxyl groups is 1. The summed E-state index contributed by atoms with van der Waals surface area (Å²) in [5.74, 6) is 1.20. The lowest BCUT2D eigenvalue weighted by atomic mass is 10.2. The van der Waals surface area contributed by atoms with Crippen LogP contribution < -0.4 is 9.47 Å². The van der Waals surface area contributed by atoms with Crippen molar-refractivity contribution >= 4 is 11.8 Å². The maximum absolute atomic E-state index is 12.3. The predicted octanol–water partition coefficient (Wildman–Crippen LogP) is 2.30. The van der Waals surface area contributed by atoms with Crippen LogP contribution in [0.3, 0.4) is 0 Å². The van der Waals surface area contributed by atoms with Crippen molar-refractivity contribution < 1.29 is 24.2 Å². The first-order valence-electron chi connectivity index (χ1n) is 9.77. The van der Waals surface area contributed by atoms with E-state index in [9.17, 15) is 14.7 Å². The number of hydrogen-bond acceptors (Lipinski definition) is 5. The summed E-state index contributed by atoms with van der Waals surface area (Å²) in [5.41, 5.74) is 0. The monoisotopic (exact) mass is 398 g/mol. The SMILES string of the molecule is O=C(CCOc1ccccc1)N1CCN(C(=O)CCOc2ccccc2O)CC1. The number of rotatable bonds is 8. The van der Waals surface area contributed by atoms with Crippen LogP contribution in [0, 0.1) is 0 Å². The van der Waals surface area contributed by atoms with Gasteiger partial charge in [0.25, 0.3) is 0 Å². The third kappa shape index (κ3) is 6.14. The van der Waals surface area contributed by atoms with Crippen LogP contribution >= 0.6 is 0 Å². The lowest BCUT2D eigenvalue weighted by molar-refractivity contribution is -0.140. The molecule has 154 valence electrons. The number of ether oxygens (including phenoxy) is 2. The highest BCUT2D eigenvalue weighted by Gasteiger charge is 2.23. The van der Waals surface area contributed by atoms with E-state index < -0.39 is 0 Å². The number of phenolic OH excluding ortho intramolecular Hbond substituents is 1. The summed E-state index contributed by atoms with van der Waals surface area (Å²) in [5, 5.41) is 9.67. The van der Waals surface area contributed by atoms with Crippen LogP contribution in [0.5, 0.6) is 17.2 Å². The Balaban J connectivity index is 1.33. The molecule has 0 aliphatic carbocycles. The van der Waals surface area contributed by atoms with Crippen LogP contribution in [0.2, 0.25) is 0 Å². The Morgan fingerprint density at radius 1 is 0.759 bits per heavy atom. The van der Waals surface area contributed by atoms with Gasteiger partial charge < -0.3 is 24.4 Å². The van der Waals surface area contributed by atoms with Gasteiger partial charge in [-0.05, 0) is 24.3 Å². The van der Waals surface area contributed by atoms with Gasteiger partial charge in [-0.2, -0.15) is 0 Å². The number of nitrogens with zero attached hydrogens (tertiary/aromatic N) is 2. The first-order valence-corrected chi connectivity index (χ1v) is 9.77. The Bertz CT molecular complexity index is 804. The average Bonchev–Trinajstić information content (AvgIpc) is 2.76. The van der Waals surface area contributed by atoms with E-state index in [0.29, 0.717) is 45.0 Å². The van der Waals surface area contributed by atoms with Crippen molar-refractivity contribution in [2.24, 2.45) is 0 Å². The zero-order valence-electron chi connectivity index (χ0n) is 16.3. The number of para-hydroxylation sites is 3. The van der Waals surface area contributed by atoms with Gasteiger partial charge in [-0.25, -0.2) is 0 Å². The van der Waals surface area contributed by atoms with E-state index in [1.54, 1.807) is 28.0 Å². The molecule has 0 saturated carbocycles. The minimum Gasteiger partial charge on any atom is -0.504 e. The second-order valence-electron chi connectivity index (χ2n) is 6.74. The molecule has 1 aliphatic rings. The van der Waals surface area contributed by atoms with Gasteiger partial charge in [0.1, 0.15) is 5.75 Å².